The largest absolute Gasteiger partial charge is 0.486 e. The van der Waals surface area contributed by atoms with Gasteiger partial charge >= 0.3 is 0 Å². The summed E-state index contributed by atoms with van der Waals surface area (Å²) < 4.78 is 16.8. The molecule has 0 fully saturated rings. The van der Waals surface area contributed by atoms with Gasteiger partial charge in [-0.25, -0.2) is 0 Å². The average molecular weight is 326 g/mol. The Kier molecular flexibility index (Phi) is 4.51. The summed E-state index contributed by atoms with van der Waals surface area (Å²) in [6.45, 7) is 1.69. The SMILES string of the molecule is CSCc1ccc(CNc2cc3c(cc2Cl)OCCO3)o1. The second-order valence-corrected chi connectivity index (χ2v) is 5.90. The predicted molar refractivity (Wildman–Crippen MR) is 85.7 cm³/mol. The smallest absolute Gasteiger partial charge is 0.163 e. The maximum absolute atomic E-state index is 6.25. The quantitative estimate of drug-likeness (QED) is 0.893. The number of thioether (sulfide) groups is 1. The number of halogens is 1. The summed E-state index contributed by atoms with van der Waals surface area (Å²) in [4.78, 5) is 0. The number of furan rings is 1. The van der Waals surface area contributed by atoms with Gasteiger partial charge in [0, 0.05) is 12.1 Å². The second-order valence-electron chi connectivity index (χ2n) is 4.63. The van der Waals surface area contributed by atoms with E-state index in [1.165, 1.54) is 0 Å². The molecule has 1 aliphatic rings. The highest BCUT2D eigenvalue weighted by Crippen LogP contribution is 2.38. The molecule has 0 aliphatic carbocycles. The molecule has 0 spiro atoms. The Morgan fingerprint density at radius 3 is 2.62 bits per heavy atom. The van der Waals surface area contributed by atoms with Crippen molar-refractivity contribution in [1.29, 1.82) is 0 Å². The molecule has 2 heterocycles. The van der Waals surface area contributed by atoms with Crippen LogP contribution in [-0.4, -0.2) is 19.5 Å². The number of fused-ring (bicyclic) bond motifs is 1. The Bertz CT molecular complexity index is 629. The lowest BCUT2D eigenvalue weighted by Crippen LogP contribution is -2.15. The van der Waals surface area contributed by atoms with Crippen LogP contribution in [0.2, 0.25) is 5.02 Å². The summed E-state index contributed by atoms with van der Waals surface area (Å²) in [6.07, 6.45) is 2.05. The first kappa shape index (κ1) is 14.5. The second kappa shape index (κ2) is 6.54. The van der Waals surface area contributed by atoms with Gasteiger partial charge in [0.15, 0.2) is 11.5 Å². The van der Waals surface area contributed by atoms with Gasteiger partial charge in [0.05, 0.1) is 23.0 Å². The molecule has 0 saturated carbocycles. The third-order valence-corrected chi connectivity index (χ3v) is 3.97. The van der Waals surface area contributed by atoms with Crippen molar-refractivity contribution in [2.24, 2.45) is 0 Å². The zero-order valence-electron chi connectivity index (χ0n) is 11.6. The van der Waals surface area contributed by atoms with Crippen LogP contribution in [0.15, 0.2) is 28.7 Å². The summed E-state index contributed by atoms with van der Waals surface area (Å²) in [5, 5.41) is 3.87. The van der Waals surface area contributed by atoms with Gasteiger partial charge in [0.25, 0.3) is 0 Å². The van der Waals surface area contributed by atoms with Gasteiger partial charge in [-0.3, -0.25) is 0 Å². The summed E-state index contributed by atoms with van der Waals surface area (Å²) in [6, 6.07) is 7.62. The molecule has 0 atom stereocenters. The molecule has 0 radical (unpaired) electrons. The van der Waals surface area contributed by atoms with Gasteiger partial charge in [-0.2, -0.15) is 11.8 Å². The zero-order valence-corrected chi connectivity index (χ0v) is 13.2. The van der Waals surface area contributed by atoms with Crippen molar-refractivity contribution in [3.8, 4) is 11.5 Å². The molecule has 3 rings (SSSR count). The zero-order chi connectivity index (χ0) is 14.7. The Labute approximate surface area is 132 Å². The lowest BCUT2D eigenvalue weighted by Gasteiger charge is -2.20. The molecule has 1 aliphatic heterocycles. The van der Waals surface area contributed by atoms with E-state index in [1.807, 2.05) is 18.2 Å². The Balaban J connectivity index is 1.69. The maximum atomic E-state index is 6.25. The Morgan fingerprint density at radius 2 is 1.86 bits per heavy atom. The number of nitrogens with one attached hydrogen (secondary N) is 1. The fraction of sp³-hybridized carbons (Fsp3) is 0.333. The molecule has 0 bridgehead atoms. The average Bonchev–Trinajstić information content (AvgIpc) is 2.93. The number of rotatable bonds is 5. The molecule has 1 aromatic heterocycles. The molecule has 2 aromatic rings. The predicted octanol–water partition coefficient (Wildman–Crippen LogP) is 4.18. The summed E-state index contributed by atoms with van der Waals surface area (Å²) in [7, 11) is 0. The fourth-order valence-electron chi connectivity index (χ4n) is 2.12. The summed E-state index contributed by atoms with van der Waals surface area (Å²) in [5.41, 5.74) is 0.809. The van der Waals surface area contributed by atoms with Gasteiger partial charge < -0.3 is 19.2 Å². The van der Waals surface area contributed by atoms with Crippen LogP contribution in [-0.2, 0) is 12.3 Å². The topological polar surface area (TPSA) is 43.6 Å². The van der Waals surface area contributed by atoms with Gasteiger partial charge in [-0.15, -0.1) is 0 Å². The van der Waals surface area contributed by atoms with Crippen LogP contribution in [0.4, 0.5) is 5.69 Å². The van der Waals surface area contributed by atoms with E-state index < -0.39 is 0 Å². The highest BCUT2D eigenvalue weighted by molar-refractivity contribution is 7.97. The van der Waals surface area contributed by atoms with E-state index >= 15 is 0 Å². The van der Waals surface area contributed by atoms with E-state index in [4.69, 9.17) is 25.5 Å². The number of hydrogen-bond donors (Lipinski definition) is 1. The summed E-state index contributed by atoms with van der Waals surface area (Å²) in [5.74, 6) is 4.15. The van der Waals surface area contributed by atoms with Crippen LogP contribution in [0.5, 0.6) is 11.5 Å². The number of hydrogen-bond acceptors (Lipinski definition) is 5. The fourth-order valence-corrected chi connectivity index (χ4v) is 2.78. The third-order valence-electron chi connectivity index (χ3n) is 3.09. The van der Waals surface area contributed by atoms with Crippen molar-refractivity contribution in [3.63, 3.8) is 0 Å². The Hall–Kier alpha value is -1.46. The number of anilines is 1. The number of benzene rings is 1. The van der Waals surface area contributed by atoms with Gasteiger partial charge in [0.1, 0.15) is 24.7 Å². The van der Waals surface area contributed by atoms with Crippen molar-refractivity contribution in [3.05, 3.63) is 40.8 Å². The minimum Gasteiger partial charge on any atom is -0.486 e. The van der Waals surface area contributed by atoms with Crippen LogP contribution >= 0.6 is 23.4 Å². The van der Waals surface area contributed by atoms with Crippen LogP contribution in [0.1, 0.15) is 11.5 Å². The third kappa shape index (κ3) is 3.41. The molecular formula is C15H16ClNO3S. The lowest BCUT2D eigenvalue weighted by atomic mass is 10.2. The van der Waals surface area contributed by atoms with Crippen LogP contribution in [0.25, 0.3) is 0 Å². The molecule has 21 heavy (non-hydrogen) atoms. The van der Waals surface area contributed by atoms with Gasteiger partial charge in [-0.05, 0) is 18.4 Å². The van der Waals surface area contributed by atoms with E-state index in [0.29, 0.717) is 30.5 Å². The monoisotopic (exact) mass is 325 g/mol. The molecule has 0 amide bonds. The van der Waals surface area contributed by atoms with Gasteiger partial charge in [0.2, 0.25) is 0 Å². The molecular weight excluding hydrogens is 310 g/mol. The van der Waals surface area contributed by atoms with Crippen molar-refractivity contribution in [1.82, 2.24) is 0 Å². The minimum absolute atomic E-state index is 0.556. The van der Waals surface area contributed by atoms with Crippen LogP contribution in [0, 0.1) is 0 Å². The molecule has 0 saturated heterocycles. The first-order valence-electron chi connectivity index (χ1n) is 6.66. The minimum atomic E-state index is 0.556. The first-order chi connectivity index (χ1) is 10.3. The molecule has 112 valence electrons. The molecule has 4 nitrogen and oxygen atoms in total. The van der Waals surface area contributed by atoms with E-state index in [1.54, 1.807) is 17.8 Å². The van der Waals surface area contributed by atoms with E-state index in [0.717, 1.165) is 28.7 Å². The molecule has 0 unspecified atom stereocenters. The van der Waals surface area contributed by atoms with Crippen molar-refractivity contribution in [2.45, 2.75) is 12.3 Å². The molecule has 1 aromatic carbocycles. The van der Waals surface area contributed by atoms with E-state index in [2.05, 4.69) is 11.6 Å². The number of ether oxygens (including phenoxy) is 2. The Morgan fingerprint density at radius 1 is 1.14 bits per heavy atom. The summed E-state index contributed by atoms with van der Waals surface area (Å²) >= 11 is 7.99. The van der Waals surface area contributed by atoms with E-state index in [-0.39, 0.29) is 0 Å². The standard InChI is InChI=1S/C15H16ClNO3S/c1-21-9-11-3-2-10(20-11)8-17-13-7-15-14(6-12(13)16)18-4-5-19-15/h2-3,6-7,17H,4-5,8-9H2,1H3. The molecule has 6 heteroatoms. The van der Waals surface area contributed by atoms with Crippen molar-refractivity contribution < 1.29 is 13.9 Å². The highest BCUT2D eigenvalue weighted by atomic mass is 35.5. The van der Waals surface area contributed by atoms with Crippen LogP contribution in [0.3, 0.4) is 0 Å². The van der Waals surface area contributed by atoms with Crippen molar-refractivity contribution >= 4 is 29.1 Å². The normalized spacial score (nSPS) is 13.2. The highest BCUT2D eigenvalue weighted by Gasteiger charge is 2.15. The van der Waals surface area contributed by atoms with Crippen LogP contribution < -0.4 is 14.8 Å². The van der Waals surface area contributed by atoms with E-state index in [9.17, 15) is 0 Å². The molecule has 1 N–H and O–H groups in total. The van der Waals surface area contributed by atoms with Gasteiger partial charge in [-0.1, -0.05) is 11.6 Å². The first-order valence-corrected chi connectivity index (χ1v) is 8.43. The maximum Gasteiger partial charge on any atom is 0.163 e. The van der Waals surface area contributed by atoms with Crippen molar-refractivity contribution in [2.75, 3.05) is 24.8 Å². The lowest BCUT2D eigenvalue weighted by molar-refractivity contribution is 0.171.